The summed E-state index contributed by atoms with van der Waals surface area (Å²) in [5.74, 6) is -0.112. The molecule has 0 bridgehead atoms. The Bertz CT molecular complexity index is 475. The normalized spacial score (nSPS) is 13.7. The van der Waals surface area contributed by atoms with E-state index in [-0.39, 0.29) is 12.5 Å². The van der Waals surface area contributed by atoms with Crippen LogP contribution in [0.4, 0.5) is 0 Å². The molecule has 33 heavy (non-hydrogen) atoms. The summed E-state index contributed by atoms with van der Waals surface area (Å²) < 4.78 is 0. The van der Waals surface area contributed by atoms with Crippen molar-refractivity contribution >= 4 is 5.91 Å². The summed E-state index contributed by atoms with van der Waals surface area (Å²) in [6.45, 7) is 4.05. The number of aliphatic hydroxyl groups is 2. The molecule has 0 fully saturated rings. The van der Waals surface area contributed by atoms with Crippen molar-refractivity contribution in [2.24, 2.45) is 0 Å². The molecule has 0 heterocycles. The summed E-state index contributed by atoms with van der Waals surface area (Å²) in [5, 5.41) is 22.3. The Morgan fingerprint density at radius 2 is 1.18 bits per heavy atom. The minimum atomic E-state index is -0.852. The van der Waals surface area contributed by atoms with Crippen molar-refractivity contribution in [3.63, 3.8) is 0 Å². The highest BCUT2D eigenvalue weighted by Crippen LogP contribution is 2.13. The van der Waals surface area contributed by atoms with Crippen LogP contribution in [-0.2, 0) is 4.79 Å². The predicted octanol–water partition coefficient (Wildman–Crippen LogP) is 7.39. The van der Waals surface area contributed by atoms with Crippen LogP contribution in [-0.4, -0.2) is 34.9 Å². The number of amides is 1. The highest BCUT2D eigenvalue weighted by atomic mass is 16.3. The topological polar surface area (TPSA) is 69.6 Å². The van der Waals surface area contributed by atoms with Crippen LogP contribution in [0.5, 0.6) is 0 Å². The van der Waals surface area contributed by atoms with E-state index in [4.69, 9.17) is 0 Å². The van der Waals surface area contributed by atoms with Crippen molar-refractivity contribution in [1.82, 2.24) is 5.32 Å². The first-order valence-corrected chi connectivity index (χ1v) is 14.1. The Morgan fingerprint density at radius 1 is 0.697 bits per heavy atom. The molecule has 0 rings (SSSR count). The van der Waals surface area contributed by atoms with Crippen LogP contribution in [0.25, 0.3) is 0 Å². The molecular formula is C29H55NO3. The zero-order valence-corrected chi connectivity index (χ0v) is 21.9. The largest absolute Gasteiger partial charge is 0.394 e. The number of aliphatic hydroxyl groups excluding tert-OH is 2. The van der Waals surface area contributed by atoms with Gasteiger partial charge >= 0.3 is 0 Å². The van der Waals surface area contributed by atoms with E-state index in [0.29, 0.717) is 6.42 Å². The Morgan fingerprint density at radius 3 is 1.73 bits per heavy atom. The average molecular weight is 466 g/mol. The highest BCUT2D eigenvalue weighted by molar-refractivity contribution is 5.76. The number of hydrogen-bond donors (Lipinski definition) is 3. The molecule has 0 aliphatic heterocycles. The third kappa shape index (κ3) is 22.4. The average Bonchev–Trinajstić information content (AvgIpc) is 2.82. The minimum Gasteiger partial charge on any atom is -0.394 e. The number of rotatable bonds is 24. The second-order valence-corrected chi connectivity index (χ2v) is 9.46. The third-order valence-corrected chi connectivity index (χ3v) is 6.19. The SMILES string of the molecule is CCCCCCCCCCCCCCC/C=C/CC/C=C/C(O)C(CO)NC(=O)CCCC. The third-order valence-electron chi connectivity index (χ3n) is 6.19. The molecule has 0 saturated carbocycles. The number of unbranched alkanes of at least 4 members (excludes halogenated alkanes) is 15. The van der Waals surface area contributed by atoms with Gasteiger partial charge in [0.25, 0.3) is 0 Å². The van der Waals surface area contributed by atoms with Crippen LogP contribution < -0.4 is 5.32 Å². The molecule has 4 heteroatoms. The summed E-state index contributed by atoms with van der Waals surface area (Å²) in [7, 11) is 0. The maximum Gasteiger partial charge on any atom is 0.220 e. The van der Waals surface area contributed by atoms with Crippen molar-refractivity contribution in [3.05, 3.63) is 24.3 Å². The number of carbonyl (C=O) groups is 1. The smallest absolute Gasteiger partial charge is 0.220 e. The number of nitrogens with one attached hydrogen (secondary N) is 1. The molecular weight excluding hydrogens is 410 g/mol. The molecule has 0 saturated heterocycles. The van der Waals surface area contributed by atoms with Crippen molar-refractivity contribution in [2.45, 2.75) is 148 Å². The fraction of sp³-hybridized carbons (Fsp3) is 0.828. The molecule has 2 unspecified atom stereocenters. The van der Waals surface area contributed by atoms with E-state index in [0.717, 1.165) is 32.1 Å². The van der Waals surface area contributed by atoms with E-state index < -0.39 is 12.1 Å². The lowest BCUT2D eigenvalue weighted by molar-refractivity contribution is -0.123. The lowest BCUT2D eigenvalue weighted by Gasteiger charge is -2.19. The molecule has 0 spiro atoms. The molecule has 1 amide bonds. The molecule has 3 N–H and O–H groups in total. The van der Waals surface area contributed by atoms with Gasteiger partial charge in [-0.1, -0.05) is 122 Å². The fourth-order valence-corrected chi connectivity index (χ4v) is 3.93. The maximum atomic E-state index is 11.8. The molecule has 2 atom stereocenters. The van der Waals surface area contributed by atoms with Gasteiger partial charge in [-0.25, -0.2) is 0 Å². The standard InChI is InChI=1S/C29H55NO3/c1-3-5-7-8-9-10-11-12-13-14-15-16-17-18-19-20-21-22-23-24-28(32)27(26-31)30-29(33)25-6-4-2/h19-20,23-24,27-28,31-32H,3-18,21-22,25-26H2,1-2H3,(H,30,33)/b20-19+,24-23+. The Balaban J connectivity index is 3.55. The van der Waals surface area contributed by atoms with Crippen molar-refractivity contribution in [3.8, 4) is 0 Å². The second kappa shape index (κ2) is 25.5. The maximum absolute atomic E-state index is 11.8. The lowest BCUT2D eigenvalue weighted by atomic mass is 10.0. The van der Waals surface area contributed by atoms with Crippen molar-refractivity contribution < 1.29 is 15.0 Å². The van der Waals surface area contributed by atoms with E-state index >= 15 is 0 Å². The summed E-state index contributed by atoms with van der Waals surface area (Å²) in [6.07, 6.45) is 30.5. The first-order valence-electron chi connectivity index (χ1n) is 14.1. The first kappa shape index (κ1) is 31.9. The zero-order chi connectivity index (χ0) is 24.4. The van der Waals surface area contributed by atoms with Gasteiger partial charge in [0.1, 0.15) is 0 Å². The molecule has 0 aliphatic rings. The zero-order valence-electron chi connectivity index (χ0n) is 21.9. The quantitative estimate of drug-likeness (QED) is 0.103. The number of hydrogen-bond acceptors (Lipinski definition) is 3. The Labute approximate surface area is 205 Å². The van der Waals surface area contributed by atoms with Crippen molar-refractivity contribution in [2.75, 3.05) is 6.61 Å². The summed E-state index contributed by atoms with van der Waals surface area (Å²) >= 11 is 0. The Kier molecular flexibility index (Phi) is 24.6. The molecule has 4 nitrogen and oxygen atoms in total. The van der Waals surface area contributed by atoms with Gasteiger partial charge < -0.3 is 15.5 Å². The van der Waals surface area contributed by atoms with Gasteiger partial charge in [-0.2, -0.15) is 0 Å². The van der Waals surface area contributed by atoms with E-state index in [1.807, 2.05) is 13.0 Å². The van der Waals surface area contributed by atoms with Gasteiger partial charge in [0.05, 0.1) is 18.8 Å². The van der Waals surface area contributed by atoms with Crippen molar-refractivity contribution in [1.29, 1.82) is 0 Å². The van der Waals surface area contributed by atoms with Crippen LogP contribution in [0.15, 0.2) is 24.3 Å². The highest BCUT2D eigenvalue weighted by Gasteiger charge is 2.17. The minimum absolute atomic E-state index is 0.112. The molecule has 0 aromatic rings. The predicted molar refractivity (Wildman–Crippen MR) is 142 cm³/mol. The lowest BCUT2D eigenvalue weighted by Crippen LogP contribution is -2.45. The fourth-order valence-electron chi connectivity index (χ4n) is 3.93. The van der Waals surface area contributed by atoms with Gasteiger partial charge in [0.2, 0.25) is 5.91 Å². The Hall–Kier alpha value is -1.13. The van der Waals surface area contributed by atoms with E-state index in [2.05, 4.69) is 24.4 Å². The van der Waals surface area contributed by atoms with Crippen LogP contribution in [0.1, 0.15) is 136 Å². The molecule has 194 valence electrons. The molecule has 0 aromatic carbocycles. The van der Waals surface area contributed by atoms with Gasteiger partial charge in [0.15, 0.2) is 0 Å². The molecule has 0 aromatic heterocycles. The van der Waals surface area contributed by atoms with Gasteiger partial charge in [0, 0.05) is 6.42 Å². The van der Waals surface area contributed by atoms with Gasteiger partial charge in [-0.3, -0.25) is 4.79 Å². The number of carbonyl (C=O) groups excluding carboxylic acids is 1. The van der Waals surface area contributed by atoms with Crippen LogP contribution in [0.2, 0.25) is 0 Å². The first-order chi connectivity index (χ1) is 16.2. The van der Waals surface area contributed by atoms with E-state index in [1.165, 1.54) is 83.5 Å². The summed E-state index contributed by atoms with van der Waals surface area (Å²) in [6, 6.07) is -0.628. The van der Waals surface area contributed by atoms with Crippen LogP contribution in [0.3, 0.4) is 0 Å². The second-order valence-electron chi connectivity index (χ2n) is 9.46. The van der Waals surface area contributed by atoms with Crippen LogP contribution in [0, 0.1) is 0 Å². The molecule has 0 radical (unpaired) electrons. The molecule has 0 aliphatic carbocycles. The van der Waals surface area contributed by atoms with Gasteiger partial charge in [-0.15, -0.1) is 0 Å². The van der Waals surface area contributed by atoms with Gasteiger partial charge in [-0.05, 0) is 32.1 Å². The van der Waals surface area contributed by atoms with E-state index in [9.17, 15) is 15.0 Å². The summed E-state index contributed by atoms with van der Waals surface area (Å²) in [4.78, 5) is 11.8. The monoisotopic (exact) mass is 465 g/mol. The number of allylic oxidation sites excluding steroid dienone is 3. The van der Waals surface area contributed by atoms with E-state index in [1.54, 1.807) is 6.08 Å². The van der Waals surface area contributed by atoms with Crippen LogP contribution >= 0.6 is 0 Å². The summed E-state index contributed by atoms with van der Waals surface area (Å²) in [5.41, 5.74) is 0.